The summed E-state index contributed by atoms with van der Waals surface area (Å²) in [7, 11) is 1.96. The highest BCUT2D eigenvalue weighted by Crippen LogP contribution is 2.11. The number of aromatic nitrogens is 1. The topological polar surface area (TPSA) is 24.9 Å². The van der Waals surface area contributed by atoms with Gasteiger partial charge in [-0.05, 0) is 27.0 Å². The largest absolute Gasteiger partial charge is 0.314 e. The van der Waals surface area contributed by atoms with Gasteiger partial charge < -0.3 is 5.32 Å². The fourth-order valence-corrected chi connectivity index (χ4v) is 1.49. The standard InChI is InChI=1S/C9H14N2S/c1-7(8(2)10-3)6-9-11-4-5-12-9/h4-6,8,10H,1-3H3/b7-6+. The molecule has 1 heterocycles. The quantitative estimate of drug-likeness (QED) is 0.774. The molecule has 1 atom stereocenters. The molecular formula is C9H14N2S. The van der Waals surface area contributed by atoms with E-state index in [2.05, 4.69) is 30.2 Å². The summed E-state index contributed by atoms with van der Waals surface area (Å²) in [4.78, 5) is 4.19. The van der Waals surface area contributed by atoms with Crippen LogP contribution in [0, 0.1) is 0 Å². The lowest BCUT2D eigenvalue weighted by Gasteiger charge is -2.09. The van der Waals surface area contributed by atoms with Crippen molar-refractivity contribution in [2.75, 3.05) is 7.05 Å². The molecule has 0 aliphatic carbocycles. The van der Waals surface area contributed by atoms with Gasteiger partial charge >= 0.3 is 0 Å². The van der Waals surface area contributed by atoms with Crippen molar-refractivity contribution < 1.29 is 0 Å². The van der Waals surface area contributed by atoms with Gasteiger partial charge in [-0.15, -0.1) is 11.3 Å². The molecule has 2 nitrogen and oxygen atoms in total. The number of thiazole rings is 1. The molecular weight excluding hydrogens is 168 g/mol. The van der Waals surface area contributed by atoms with Gasteiger partial charge in [0.15, 0.2) is 0 Å². The lowest BCUT2D eigenvalue weighted by atomic mass is 10.1. The van der Waals surface area contributed by atoms with E-state index in [9.17, 15) is 0 Å². The number of hydrogen-bond donors (Lipinski definition) is 1. The van der Waals surface area contributed by atoms with Crippen LogP contribution in [0.2, 0.25) is 0 Å². The summed E-state index contributed by atoms with van der Waals surface area (Å²) in [5, 5.41) is 6.25. The van der Waals surface area contributed by atoms with E-state index in [1.807, 2.05) is 18.6 Å². The van der Waals surface area contributed by atoms with Crippen LogP contribution in [0.25, 0.3) is 6.08 Å². The second-order valence-corrected chi connectivity index (χ2v) is 3.70. The summed E-state index contributed by atoms with van der Waals surface area (Å²) in [5.74, 6) is 0. The summed E-state index contributed by atoms with van der Waals surface area (Å²) < 4.78 is 0. The highest BCUT2D eigenvalue weighted by Gasteiger charge is 2.00. The third kappa shape index (κ3) is 2.43. The highest BCUT2D eigenvalue weighted by molar-refractivity contribution is 7.10. The maximum atomic E-state index is 4.19. The number of likely N-dealkylation sites (N-methyl/N-ethyl adjacent to an activating group) is 1. The maximum Gasteiger partial charge on any atom is 0.115 e. The van der Waals surface area contributed by atoms with Crippen LogP contribution in [0.1, 0.15) is 18.9 Å². The van der Waals surface area contributed by atoms with E-state index in [4.69, 9.17) is 0 Å². The van der Waals surface area contributed by atoms with Crippen molar-refractivity contribution in [1.29, 1.82) is 0 Å². The molecule has 0 aromatic carbocycles. The molecule has 1 aromatic rings. The Hall–Kier alpha value is -0.670. The van der Waals surface area contributed by atoms with E-state index in [-0.39, 0.29) is 0 Å². The molecule has 0 amide bonds. The van der Waals surface area contributed by atoms with Gasteiger partial charge in [0.1, 0.15) is 5.01 Å². The Kier molecular flexibility index (Phi) is 3.44. The summed E-state index contributed by atoms with van der Waals surface area (Å²) in [6, 6.07) is 0.425. The molecule has 0 saturated carbocycles. The molecule has 0 radical (unpaired) electrons. The van der Waals surface area contributed by atoms with Crippen molar-refractivity contribution in [3.05, 3.63) is 22.2 Å². The molecule has 1 N–H and O–H groups in total. The Bertz CT molecular complexity index is 252. The van der Waals surface area contributed by atoms with Gasteiger partial charge in [0.2, 0.25) is 0 Å². The lowest BCUT2D eigenvalue weighted by molar-refractivity contribution is 0.696. The van der Waals surface area contributed by atoms with Crippen molar-refractivity contribution in [1.82, 2.24) is 10.3 Å². The molecule has 0 saturated heterocycles. The van der Waals surface area contributed by atoms with Gasteiger partial charge in [0.25, 0.3) is 0 Å². The van der Waals surface area contributed by atoms with E-state index in [1.54, 1.807) is 11.3 Å². The first-order valence-electron chi connectivity index (χ1n) is 3.99. The molecule has 12 heavy (non-hydrogen) atoms. The average Bonchev–Trinajstić information content (AvgIpc) is 2.55. The molecule has 0 aliphatic heterocycles. The summed E-state index contributed by atoms with van der Waals surface area (Å²) in [6.07, 6.45) is 3.94. The van der Waals surface area contributed by atoms with Crippen LogP contribution in [-0.2, 0) is 0 Å². The smallest absolute Gasteiger partial charge is 0.115 e. The van der Waals surface area contributed by atoms with Crippen LogP contribution >= 0.6 is 11.3 Å². The molecule has 0 bridgehead atoms. The van der Waals surface area contributed by atoms with Crippen molar-refractivity contribution in [3.63, 3.8) is 0 Å². The molecule has 66 valence electrons. The Morgan fingerprint density at radius 3 is 3.00 bits per heavy atom. The van der Waals surface area contributed by atoms with Crippen LogP contribution in [0.15, 0.2) is 17.2 Å². The second kappa shape index (κ2) is 4.38. The Morgan fingerprint density at radius 2 is 2.50 bits per heavy atom. The number of nitrogens with one attached hydrogen (secondary N) is 1. The molecule has 1 unspecified atom stereocenters. The van der Waals surface area contributed by atoms with Gasteiger partial charge in [0, 0.05) is 17.6 Å². The first-order valence-corrected chi connectivity index (χ1v) is 4.87. The van der Waals surface area contributed by atoms with Crippen LogP contribution < -0.4 is 5.32 Å². The normalized spacial score (nSPS) is 14.8. The molecule has 1 rings (SSSR count). The minimum Gasteiger partial charge on any atom is -0.314 e. The van der Waals surface area contributed by atoms with E-state index in [0.717, 1.165) is 5.01 Å². The van der Waals surface area contributed by atoms with E-state index in [1.165, 1.54) is 5.57 Å². The van der Waals surface area contributed by atoms with Crippen molar-refractivity contribution >= 4 is 17.4 Å². The zero-order valence-corrected chi connectivity index (χ0v) is 8.48. The third-order valence-electron chi connectivity index (χ3n) is 1.92. The highest BCUT2D eigenvalue weighted by atomic mass is 32.1. The molecule has 0 fully saturated rings. The Morgan fingerprint density at radius 1 is 1.75 bits per heavy atom. The van der Waals surface area contributed by atoms with Crippen LogP contribution in [0.4, 0.5) is 0 Å². The maximum absolute atomic E-state index is 4.19. The second-order valence-electron chi connectivity index (χ2n) is 2.77. The number of nitrogens with zero attached hydrogens (tertiary/aromatic N) is 1. The monoisotopic (exact) mass is 182 g/mol. The summed E-state index contributed by atoms with van der Waals surface area (Å²) >= 11 is 1.66. The van der Waals surface area contributed by atoms with E-state index < -0.39 is 0 Å². The van der Waals surface area contributed by atoms with Gasteiger partial charge in [-0.3, -0.25) is 0 Å². The zero-order valence-electron chi connectivity index (χ0n) is 7.66. The predicted octanol–water partition coefficient (Wildman–Crippen LogP) is 2.15. The van der Waals surface area contributed by atoms with Crippen molar-refractivity contribution in [3.8, 4) is 0 Å². The lowest BCUT2D eigenvalue weighted by Crippen LogP contribution is -2.21. The fourth-order valence-electron chi connectivity index (χ4n) is 0.853. The third-order valence-corrected chi connectivity index (χ3v) is 2.64. The van der Waals surface area contributed by atoms with E-state index in [0.29, 0.717) is 6.04 Å². The van der Waals surface area contributed by atoms with Gasteiger partial charge in [-0.2, -0.15) is 0 Å². The molecule has 0 spiro atoms. The van der Waals surface area contributed by atoms with E-state index >= 15 is 0 Å². The minimum absolute atomic E-state index is 0.425. The predicted molar refractivity (Wildman–Crippen MR) is 54.3 cm³/mol. The summed E-state index contributed by atoms with van der Waals surface area (Å²) in [5.41, 5.74) is 1.31. The zero-order chi connectivity index (χ0) is 8.97. The Labute approximate surface area is 77.3 Å². The van der Waals surface area contributed by atoms with Gasteiger partial charge in [-0.1, -0.05) is 5.57 Å². The van der Waals surface area contributed by atoms with Crippen molar-refractivity contribution in [2.24, 2.45) is 0 Å². The SMILES string of the molecule is CNC(C)/C(C)=C/c1nccs1. The van der Waals surface area contributed by atoms with Crippen LogP contribution in [-0.4, -0.2) is 18.1 Å². The first-order chi connectivity index (χ1) is 5.74. The fraction of sp³-hybridized carbons (Fsp3) is 0.444. The number of hydrogen-bond acceptors (Lipinski definition) is 3. The first kappa shape index (κ1) is 9.42. The van der Waals surface area contributed by atoms with Crippen LogP contribution in [0.3, 0.4) is 0 Å². The molecule has 3 heteroatoms. The Balaban J connectivity index is 2.69. The molecule has 1 aromatic heterocycles. The summed E-state index contributed by atoms with van der Waals surface area (Å²) in [6.45, 7) is 4.25. The van der Waals surface area contributed by atoms with Gasteiger partial charge in [0.05, 0.1) is 0 Å². The van der Waals surface area contributed by atoms with Crippen molar-refractivity contribution in [2.45, 2.75) is 19.9 Å². The van der Waals surface area contributed by atoms with Gasteiger partial charge in [-0.25, -0.2) is 4.98 Å². The van der Waals surface area contributed by atoms with Crippen LogP contribution in [0.5, 0.6) is 0 Å². The number of rotatable bonds is 3. The minimum atomic E-state index is 0.425. The average molecular weight is 182 g/mol. The molecule has 0 aliphatic rings.